The van der Waals surface area contributed by atoms with Gasteiger partial charge in [0.15, 0.2) is 0 Å². The van der Waals surface area contributed by atoms with Crippen molar-refractivity contribution in [1.29, 1.82) is 0 Å². The van der Waals surface area contributed by atoms with E-state index in [-0.39, 0.29) is 6.42 Å². The van der Waals surface area contributed by atoms with Crippen LogP contribution in [0.15, 0.2) is 18.2 Å². The summed E-state index contributed by atoms with van der Waals surface area (Å²) in [6.45, 7) is 5.30. The lowest BCUT2D eigenvalue weighted by Crippen LogP contribution is -2.40. The van der Waals surface area contributed by atoms with Crippen molar-refractivity contribution in [1.82, 2.24) is 0 Å². The van der Waals surface area contributed by atoms with Gasteiger partial charge in [-0.05, 0) is 56.7 Å². The van der Waals surface area contributed by atoms with E-state index in [0.717, 1.165) is 19.4 Å². The standard InChI is InChI=1S/C16H23NO2/c1-12-6-7-13(2)15(11-12)17-10-4-3-5-14(17)8-9-16(18)19/h6-7,11,14H,3-5,8-10H2,1-2H3,(H,18,19). The average molecular weight is 261 g/mol. The van der Waals surface area contributed by atoms with Crippen molar-refractivity contribution in [3.63, 3.8) is 0 Å². The van der Waals surface area contributed by atoms with Crippen LogP contribution in [0.4, 0.5) is 5.69 Å². The first kappa shape index (κ1) is 13.9. The van der Waals surface area contributed by atoms with Crippen molar-refractivity contribution >= 4 is 11.7 Å². The number of nitrogens with zero attached hydrogens (tertiary/aromatic N) is 1. The second-order valence-corrected chi connectivity index (χ2v) is 5.57. The minimum atomic E-state index is -0.688. The van der Waals surface area contributed by atoms with Crippen LogP contribution in [0.1, 0.15) is 43.2 Å². The van der Waals surface area contributed by atoms with Crippen molar-refractivity contribution in [2.75, 3.05) is 11.4 Å². The number of aliphatic carboxylic acids is 1. The van der Waals surface area contributed by atoms with Crippen molar-refractivity contribution in [3.05, 3.63) is 29.3 Å². The molecule has 104 valence electrons. The SMILES string of the molecule is Cc1ccc(C)c(N2CCCCC2CCC(=O)O)c1. The Morgan fingerprint density at radius 1 is 1.37 bits per heavy atom. The molecule has 3 nitrogen and oxygen atoms in total. The molecule has 0 aliphatic carbocycles. The van der Waals surface area contributed by atoms with Gasteiger partial charge in [0.25, 0.3) is 0 Å². The van der Waals surface area contributed by atoms with E-state index < -0.39 is 5.97 Å². The van der Waals surface area contributed by atoms with Crippen molar-refractivity contribution in [2.45, 2.75) is 52.0 Å². The summed E-state index contributed by atoms with van der Waals surface area (Å²) < 4.78 is 0. The first-order chi connectivity index (χ1) is 9.08. The lowest BCUT2D eigenvalue weighted by molar-refractivity contribution is -0.137. The number of carboxylic acid groups (broad SMARTS) is 1. The largest absolute Gasteiger partial charge is 0.481 e. The Morgan fingerprint density at radius 2 is 2.16 bits per heavy atom. The third kappa shape index (κ3) is 3.49. The molecule has 0 radical (unpaired) electrons. The summed E-state index contributed by atoms with van der Waals surface area (Å²) in [5.41, 5.74) is 3.84. The predicted molar refractivity (Wildman–Crippen MR) is 77.8 cm³/mol. The van der Waals surface area contributed by atoms with Crippen LogP contribution in [0.2, 0.25) is 0 Å². The number of rotatable bonds is 4. The number of anilines is 1. The molecule has 1 saturated heterocycles. The van der Waals surface area contributed by atoms with Gasteiger partial charge in [0.1, 0.15) is 0 Å². The zero-order chi connectivity index (χ0) is 13.8. The molecule has 1 aliphatic rings. The summed E-state index contributed by atoms with van der Waals surface area (Å²) in [6, 6.07) is 6.90. The summed E-state index contributed by atoms with van der Waals surface area (Å²) in [5, 5.41) is 8.88. The van der Waals surface area contributed by atoms with E-state index >= 15 is 0 Å². The zero-order valence-corrected chi connectivity index (χ0v) is 11.9. The Kier molecular flexibility index (Phi) is 4.46. The Hall–Kier alpha value is -1.51. The molecule has 1 aromatic rings. The first-order valence-electron chi connectivity index (χ1n) is 7.13. The molecular weight excluding hydrogens is 238 g/mol. The molecule has 1 atom stereocenters. The van der Waals surface area contributed by atoms with Crippen LogP contribution in [0.5, 0.6) is 0 Å². The van der Waals surface area contributed by atoms with E-state index in [1.807, 2.05) is 0 Å². The number of aryl methyl sites for hydroxylation is 2. The molecular formula is C16H23NO2. The summed E-state index contributed by atoms with van der Waals surface area (Å²) in [6.07, 6.45) is 4.55. The highest BCUT2D eigenvalue weighted by Crippen LogP contribution is 2.30. The highest BCUT2D eigenvalue weighted by molar-refractivity contribution is 5.67. The highest BCUT2D eigenvalue weighted by Gasteiger charge is 2.24. The van der Waals surface area contributed by atoms with Crippen molar-refractivity contribution in [3.8, 4) is 0 Å². The van der Waals surface area contributed by atoms with Gasteiger partial charge < -0.3 is 10.0 Å². The number of hydrogen-bond donors (Lipinski definition) is 1. The van der Waals surface area contributed by atoms with E-state index in [4.69, 9.17) is 5.11 Å². The van der Waals surface area contributed by atoms with Crippen LogP contribution < -0.4 is 4.90 Å². The molecule has 1 aromatic carbocycles. The maximum absolute atomic E-state index is 10.8. The van der Waals surface area contributed by atoms with E-state index in [2.05, 4.69) is 36.9 Å². The predicted octanol–water partition coefficient (Wildman–Crippen LogP) is 3.53. The summed E-state index contributed by atoms with van der Waals surface area (Å²) in [4.78, 5) is 13.2. The fourth-order valence-corrected chi connectivity index (χ4v) is 2.94. The average Bonchev–Trinajstić information content (AvgIpc) is 2.39. The van der Waals surface area contributed by atoms with Crippen molar-refractivity contribution in [2.24, 2.45) is 0 Å². The monoisotopic (exact) mass is 261 g/mol. The zero-order valence-electron chi connectivity index (χ0n) is 11.9. The van der Waals surface area contributed by atoms with Crippen molar-refractivity contribution < 1.29 is 9.90 Å². The molecule has 0 aromatic heterocycles. The Morgan fingerprint density at radius 3 is 2.89 bits per heavy atom. The van der Waals surface area contributed by atoms with Gasteiger partial charge in [0, 0.05) is 24.7 Å². The maximum atomic E-state index is 10.8. The molecule has 2 rings (SSSR count). The third-order valence-electron chi connectivity index (χ3n) is 3.99. The van der Waals surface area contributed by atoms with Gasteiger partial charge in [-0.3, -0.25) is 4.79 Å². The van der Waals surface area contributed by atoms with Gasteiger partial charge in [-0.2, -0.15) is 0 Å². The second-order valence-electron chi connectivity index (χ2n) is 5.57. The molecule has 0 bridgehead atoms. The van der Waals surface area contributed by atoms with Crippen LogP contribution >= 0.6 is 0 Å². The van der Waals surface area contributed by atoms with E-state index in [0.29, 0.717) is 6.04 Å². The molecule has 1 heterocycles. The topological polar surface area (TPSA) is 40.5 Å². The number of carboxylic acids is 1. The number of hydrogen-bond acceptors (Lipinski definition) is 2. The van der Waals surface area contributed by atoms with Crippen LogP contribution in [0.3, 0.4) is 0 Å². The number of piperidine rings is 1. The van der Waals surface area contributed by atoms with Crippen LogP contribution in [0, 0.1) is 13.8 Å². The van der Waals surface area contributed by atoms with Gasteiger partial charge in [-0.25, -0.2) is 0 Å². The number of benzene rings is 1. The summed E-state index contributed by atoms with van der Waals surface area (Å²) in [7, 11) is 0. The molecule has 0 saturated carbocycles. The molecule has 1 unspecified atom stereocenters. The Labute approximate surface area is 115 Å². The van der Waals surface area contributed by atoms with Gasteiger partial charge in [0.2, 0.25) is 0 Å². The molecule has 1 fully saturated rings. The fraction of sp³-hybridized carbons (Fsp3) is 0.562. The van der Waals surface area contributed by atoms with E-state index in [1.54, 1.807) is 0 Å². The summed E-state index contributed by atoms with van der Waals surface area (Å²) in [5.74, 6) is -0.688. The third-order valence-corrected chi connectivity index (χ3v) is 3.99. The maximum Gasteiger partial charge on any atom is 0.303 e. The van der Waals surface area contributed by atoms with Crippen LogP contribution in [-0.2, 0) is 4.79 Å². The molecule has 1 aliphatic heterocycles. The van der Waals surface area contributed by atoms with Crippen LogP contribution in [0.25, 0.3) is 0 Å². The van der Waals surface area contributed by atoms with Gasteiger partial charge in [0.05, 0.1) is 0 Å². The van der Waals surface area contributed by atoms with Gasteiger partial charge in [-0.15, -0.1) is 0 Å². The smallest absolute Gasteiger partial charge is 0.303 e. The quantitative estimate of drug-likeness (QED) is 0.901. The summed E-state index contributed by atoms with van der Waals surface area (Å²) >= 11 is 0. The normalized spacial score (nSPS) is 19.5. The Balaban J connectivity index is 2.18. The molecule has 1 N–H and O–H groups in total. The molecule has 19 heavy (non-hydrogen) atoms. The second kappa shape index (κ2) is 6.09. The van der Waals surface area contributed by atoms with Gasteiger partial charge >= 0.3 is 5.97 Å². The molecule has 3 heteroatoms. The molecule has 0 amide bonds. The first-order valence-corrected chi connectivity index (χ1v) is 7.13. The number of carbonyl (C=O) groups is 1. The Bertz CT molecular complexity index is 456. The van der Waals surface area contributed by atoms with E-state index in [9.17, 15) is 4.79 Å². The lowest BCUT2D eigenvalue weighted by Gasteiger charge is -2.38. The van der Waals surface area contributed by atoms with Crippen LogP contribution in [-0.4, -0.2) is 23.7 Å². The lowest BCUT2D eigenvalue weighted by atomic mass is 9.96. The molecule has 0 spiro atoms. The fourth-order valence-electron chi connectivity index (χ4n) is 2.94. The van der Waals surface area contributed by atoms with Gasteiger partial charge in [-0.1, -0.05) is 12.1 Å². The minimum absolute atomic E-state index is 0.270. The minimum Gasteiger partial charge on any atom is -0.481 e. The highest BCUT2D eigenvalue weighted by atomic mass is 16.4. The van der Waals surface area contributed by atoms with E-state index in [1.165, 1.54) is 29.7 Å².